The molecule has 0 bridgehead atoms. The molecule has 1 amide bonds. The maximum absolute atomic E-state index is 12.4. The first kappa shape index (κ1) is 22.6. The summed E-state index contributed by atoms with van der Waals surface area (Å²) in [5.74, 6) is 2.21. The van der Waals surface area contributed by atoms with E-state index >= 15 is 0 Å². The number of carbonyl (C=O) groups excluding carboxylic acids is 1. The van der Waals surface area contributed by atoms with E-state index in [1.165, 1.54) is 11.8 Å². The quantitative estimate of drug-likeness (QED) is 0.457. The molecule has 3 aromatic rings. The van der Waals surface area contributed by atoms with Crippen LogP contribution in [-0.2, 0) is 22.6 Å². The molecule has 0 saturated heterocycles. The van der Waals surface area contributed by atoms with E-state index in [0.717, 1.165) is 11.3 Å². The van der Waals surface area contributed by atoms with Crippen LogP contribution in [0.3, 0.4) is 0 Å². The fourth-order valence-electron chi connectivity index (χ4n) is 3.02. The van der Waals surface area contributed by atoms with Crippen LogP contribution in [0.4, 0.5) is 0 Å². The number of nitrogens with zero attached hydrogens (tertiary/aromatic N) is 3. The fourth-order valence-corrected chi connectivity index (χ4v) is 3.82. The van der Waals surface area contributed by atoms with Gasteiger partial charge in [-0.2, -0.15) is 0 Å². The van der Waals surface area contributed by atoms with E-state index < -0.39 is 0 Å². The summed E-state index contributed by atoms with van der Waals surface area (Å²) in [6.07, 6.45) is 0.689. The van der Waals surface area contributed by atoms with Crippen LogP contribution >= 0.6 is 11.8 Å². The van der Waals surface area contributed by atoms with Crippen LogP contribution in [0.15, 0.2) is 53.7 Å². The van der Waals surface area contributed by atoms with Gasteiger partial charge in [0.2, 0.25) is 5.91 Å². The van der Waals surface area contributed by atoms with E-state index in [0.29, 0.717) is 42.1 Å². The maximum atomic E-state index is 12.4. The van der Waals surface area contributed by atoms with Crippen molar-refractivity contribution in [2.45, 2.75) is 18.2 Å². The Balaban J connectivity index is 1.55. The number of ether oxygens (including phenoxy) is 3. The third-order valence-electron chi connectivity index (χ3n) is 4.50. The number of carbonyl (C=O) groups is 1. The van der Waals surface area contributed by atoms with Crippen molar-refractivity contribution in [2.75, 3.05) is 33.6 Å². The van der Waals surface area contributed by atoms with Crippen molar-refractivity contribution in [3.8, 4) is 17.2 Å². The van der Waals surface area contributed by atoms with Crippen molar-refractivity contribution in [3.63, 3.8) is 0 Å². The summed E-state index contributed by atoms with van der Waals surface area (Å²) in [6, 6.07) is 15.5. The molecule has 0 spiro atoms. The molecule has 0 aliphatic heterocycles. The lowest BCUT2D eigenvalue weighted by atomic mass is 10.1. The number of benzene rings is 2. The number of para-hydroxylation sites is 1. The Morgan fingerprint density at radius 1 is 1.03 bits per heavy atom. The van der Waals surface area contributed by atoms with Crippen molar-refractivity contribution in [2.24, 2.45) is 0 Å². The first-order chi connectivity index (χ1) is 15.2. The van der Waals surface area contributed by atoms with E-state index in [9.17, 15) is 4.79 Å². The number of hydrogen-bond donors (Lipinski definition) is 1. The second-order valence-corrected chi connectivity index (χ2v) is 7.52. The predicted octanol–water partition coefficient (Wildman–Crippen LogP) is 2.88. The third-order valence-corrected chi connectivity index (χ3v) is 5.43. The molecule has 164 valence electrons. The third kappa shape index (κ3) is 5.99. The lowest BCUT2D eigenvalue weighted by molar-refractivity contribution is -0.118. The van der Waals surface area contributed by atoms with Crippen LogP contribution in [-0.4, -0.2) is 54.3 Å². The van der Waals surface area contributed by atoms with Gasteiger partial charge in [-0.1, -0.05) is 36.0 Å². The molecule has 0 aliphatic rings. The van der Waals surface area contributed by atoms with Crippen LogP contribution in [0.25, 0.3) is 5.69 Å². The van der Waals surface area contributed by atoms with Crippen molar-refractivity contribution in [1.82, 2.24) is 20.1 Å². The molecule has 3 rings (SSSR count). The Hall–Kier alpha value is -3.04. The second-order valence-electron chi connectivity index (χ2n) is 6.58. The highest BCUT2D eigenvalue weighted by Crippen LogP contribution is 2.27. The number of methoxy groups -OCH3 is 3. The fraction of sp³-hybridized carbons (Fsp3) is 0.318. The average molecular weight is 443 g/mol. The smallest absolute Gasteiger partial charge is 0.230 e. The van der Waals surface area contributed by atoms with Crippen molar-refractivity contribution in [1.29, 1.82) is 0 Å². The summed E-state index contributed by atoms with van der Waals surface area (Å²) < 4.78 is 17.7. The minimum Gasteiger partial charge on any atom is -0.493 e. The molecule has 0 aliphatic carbocycles. The van der Waals surface area contributed by atoms with E-state index in [1.807, 2.05) is 53.1 Å². The number of amides is 1. The zero-order valence-corrected chi connectivity index (χ0v) is 18.6. The number of rotatable bonds is 11. The van der Waals surface area contributed by atoms with Gasteiger partial charge >= 0.3 is 0 Å². The molecular weight excluding hydrogens is 416 g/mol. The zero-order chi connectivity index (χ0) is 22.1. The normalized spacial score (nSPS) is 10.7. The van der Waals surface area contributed by atoms with Gasteiger partial charge in [0.05, 0.1) is 20.0 Å². The lowest BCUT2D eigenvalue weighted by Crippen LogP contribution is -2.27. The van der Waals surface area contributed by atoms with E-state index in [1.54, 1.807) is 21.3 Å². The van der Waals surface area contributed by atoms with Gasteiger partial charge in [0.25, 0.3) is 0 Å². The highest BCUT2D eigenvalue weighted by Gasteiger charge is 2.15. The Morgan fingerprint density at radius 2 is 1.81 bits per heavy atom. The molecule has 9 heteroatoms. The Bertz CT molecular complexity index is 994. The largest absolute Gasteiger partial charge is 0.493 e. The molecule has 1 N–H and O–H groups in total. The number of nitrogens with one attached hydrogen (secondary N) is 1. The molecule has 31 heavy (non-hydrogen) atoms. The molecule has 0 unspecified atom stereocenters. The highest BCUT2D eigenvalue weighted by molar-refractivity contribution is 7.99. The topological polar surface area (TPSA) is 87.5 Å². The summed E-state index contributed by atoms with van der Waals surface area (Å²) in [6.45, 7) is 0.856. The summed E-state index contributed by atoms with van der Waals surface area (Å²) >= 11 is 1.34. The Labute approximate surface area is 185 Å². The van der Waals surface area contributed by atoms with Crippen molar-refractivity contribution in [3.05, 3.63) is 59.9 Å². The summed E-state index contributed by atoms with van der Waals surface area (Å²) in [7, 11) is 4.82. The molecular formula is C22H26N4O4S. The predicted molar refractivity (Wildman–Crippen MR) is 119 cm³/mol. The molecule has 1 heterocycles. The molecule has 0 radical (unpaired) electrons. The summed E-state index contributed by atoms with van der Waals surface area (Å²) in [5.41, 5.74) is 1.98. The maximum Gasteiger partial charge on any atom is 0.230 e. The molecule has 2 aromatic carbocycles. The van der Waals surface area contributed by atoms with Gasteiger partial charge in [-0.25, -0.2) is 0 Å². The van der Waals surface area contributed by atoms with Crippen LogP contribution in [0.1, 0.15) is 11.4 Å². The van der Waals surface area contributed by atoms with Gasteiger partial charge < -0.3 is 19.5 Å². The minimum atomic E-state index is -0.0682. The monoisotopic (exact) mass is 442 g/mol. The highest BCUT2D eigenvalue weighted by atomic mass is 32.2. The summed E-state index contributed by atoms with van der Waals surface area (Å²) in [5, 5.41) is 12.0. The standard InChI is InChI=1S/C22H26N4O4S/c1-28-14-20-24-25-22(26(20)17-7-5-4-6-8-17)31-15-21(27)23-12-11-16-9-10-18(29-2)19(13-16)30-3/h4-10,13H,11-12,14-15H2,1-3H3,(H,23,27). The number of aromatic nitrogens is 3. The van der Waals surface area contributed by atoms with Crippen LogP contribution in [0, 0.1) is 0 Å². The first-order valence-corrected chi connectivity index (χ1v) is 10.7. The van der Waals surface area contributed by atoms with E-state index in [2.05, 4.69) is 15.5 Å². The van der Waals surface area contributed by atoms with Crippen LogP contribution in [0.5, 0.6) is 11.5 Å². The summed E-state index contributed by atoms with van der Waals surface area (Å²) in [4.78, 5) is 12.4. The first-order valence-electron chi connectivity index (χ1n) is 9.75. The van der Waals surface area contributed by atoms with Gasteiger partial charge in [-0.3, -0.25) is 9.36 Å². The molecule has 8 nitrogen and oxygen atoms in total. The average Bonchev–Trinajstić information content (AvgIpc) is 3.21. The van der Waals surface area contributed by atoms with Gasteiger partial charge in [0.1, 0.15) is 6.61 Å². The van der Waals surface area contributed by atoms with Gasteiger partial charge in [0, 0.05) is 19.3 Å². The number of thioether (sulfide) groups is 1. The van der Waals surface area contributed by atoms with Gasteiger partial charge in [-0.15, -0.1) is 10.2 Å². The number of hydrogen-bond acceptors (Lipinski definition) is 7. The van der Waals surface area contributed by atoms with Gasteiger partial charge in [0.15, 0.2) is 22.5 Å². The zero-order valence-electron chi connectivity index (χ0n) is 17.8. The van der Waals surface area contributed by atoms with Gasteiger partial charge in [-0.05, 0) is 36.2 Å². The Kier molecular flexibility index (Phi) is 8.31. The van der Waals surface area contributed by atoms with Crippen molar-refractivity contribution < 1.29 is 19.0 Å². The molecule has 0 fully saturated rings. The van der Waals surface area contributed by atoms with E-state index in [-0.39, 0.29) is 11.7 Å². The van der Waals surface area contributed by atoms with Crippen LogP contribution in [0.2, 0.25) is 0 Å². The second kappa shape index (κ2) is 11.4. The van der Waals surface area contributed by atoms with Crippen LogP contribution < -0.4 is 14.8 Å². The lowest BCUT2D eigenvalue weighted by Gasteiger charge is -2.11. The molecule has 0 saturated carbocycles. The SMILES string of the molecule is COCc1nnc(SCC(=O)NCCc2ccc(OC)c(OC)c2)n1-c1ccccc1. The minimum absolute atomic E-state index is 0.0682. The van der Waals surface area contributed by atoms with Crippen molar-refractivity contribution >= 4 is 17.7 Å². The molecule has 1 aromatic heterocycles. The van der Waals surface area contributed by atoms with E-state index in [4.69, 9.17) is 14.2 Å². The Morgan fingerprint density at radius 3 is 2.52 bits per heavy atom. The molecule has 0 atom stereocenters.